The van der Waals surface area contributed by atoms with E-state index in [9.17, 15) is 8.42 Å². The van der Waals surface area contributed by atoms with Gasteiger partial charge in [0.2, 0.25) is 10.0 Å². The minimum absolute atomic E-state index is 0.411. The van der Waals surface area contributed by atoms with Gasteiger partial charge in [0, 0.05) is 6.54 Å². The molecule has 22 heavy (non-hydrogen) atoms. The molecule has 0 aromatic heterocycles. The van der Waals surface area contributed by atoms with E-state index in [1.165, 1.54) is 0 Å². The molecule has 0 atom stereocenters. The minimum atomic E-state index is -3.43. The summed E-state index contributed by atoms with van der Waals surface area (Å²) in [5.41, 5.74) is 8.09. The first-order valence-corrected chi connectivity index (χ1v) is 9.35. The molecule has 0 spiro atoms. The summed E-state index contributed by atoms with van der Waals surface area (Å²) in [6, 6.07) is 3.81. The van der Waals surface area contributed by atoms with Gasteiger partial charge in [-0.15, -0.1) is 0 Å². The van der Waals surface area contributed by atoms with Gasteiger partial charge in [-0.25, -0.2) is 13.1 Å². The maximum atomic E-state index is 12.4. The van der Waals surface area contributed by atoms with Gasteiger partial charge in [-0.05, 0) is 70.8 Å². The van der Waals surface area contributed by atoms with Crippen molar-refractivity contribution in [2.75, 3.05) is 26.2 Å². The van der Waals surface area contributed by atoms with Gasteiger partial charge < -0.3 is 11.1 Å². The van der Waals surface area contributed by atoms with Crippen LogP contribution in [-0.2, 0) is 10.0 Å². The van der Waals surface area contributed by atoms with Crippen molar-refractivity contribution in [3.63, 3.8) is 0 Å². The van der Waals surface area contributed by atoms with Gasteiger partial charge in [0.1, 0.15) is 0 Å². The smallest absolute Gasteiger partial charge is 0.241 e. The van der Waals surface area contributed by atoms with Crippen molar-refractivity contribution >= 4 is 10.0 Å². The molecule has 5 nitrogen and oxygen atoms in total. The van der Waals surface area contributed by atoms with Crippen LogP contribution < -0.4 is 15.8 Å². The number of sulfonamides is 1. The molecule has 0 saturated heterocycles. The summed E-state index contributed by atoms with van der Waals surface area (Å²) in [5, 5.41) is 3.29. The Labute approximate surface area is 134 Å². The lowest BCUT2D eigenvalue weighted by atomic mass is 10.1. The fourth-order valence-corrected chi connectivity index (χ4v) is 4.13. The molecule has 0 aliphatic heterocycles. The van der Waals surface area contributed by atoms with Crippen LogP contribution in [0.2, 0.25) is 0 Å². The molecular formula is C16H29N3O2S. The maximum absolute atomic E-state index is 12.4. The van der Waals surface area contributed by atoms with Crippen LogP contribution in [0.3, 0.4) is 0 Å². The normalized spacial score (nSPS) is 11.8. The van der Waals surface area contributed by atoms with Crippen LogP contribution in [0, 0.1) is 20.8 Å². The summed E-state index contributed by atoms with van der Waals surface area (Å²) in [7, 11) is -3.43. The van der Waals surface area contributed by atoms with Crippen LogP contribution in [0.25, 0.3) is 0 Å². The number of benzene rings is 1. The number of unbranched alkanes of at least 4 members (excludes halogenated alkanes) is 1. The van der Waals surface area contributed by atoms with Crippen LogP contribution in [0.1, 0.15) is 36.0 Å². The average Bonchev–Trinajstić information content (AvgIpc) is 2.40. The third kappa shape index (κ3) is 6.04. The zero-order chi connectivity index (χ0) is 16.6. The first kappa shape index (κ1) is 19.1. The summed E-state index contributed by atoms with van der Waals surface area (Å²) >= 11 is 0. The fourth-order valence-electron chi connectivity index (χ4n) is 2.60. The van der Waals surface area contributed by atoms with Gasteiger partial charge in [-0.2, -0.15) is 0 Å². The van der Waals surface area contributed by atoms with Gasteiger partial charge in [0.15, 0.2) is 0 Å². The molecule has 0 radical (unpaired) electrons. The van der Waals surface area contributed by atoms with E-state index in [1.54, 1.807) is 0 Å². The lowest BCUT2D eigenvalue weighted by Gasteiger charge is -2.13. The highest BCUT2D eigenvalue weighted by Gasteiger charge is 2.18. The second-order valence-electron chi connectivity index (χ2n) is 5.72. The van der Waals surface area contributed by atoms with Crippen molar-refractivity contribution in [1.29, 1.82) is 0 Å². The molecule has 0 heterocycles. The minimum Gasteiger partial charge on any atom is -0.330 e. The highest BCUT2D eigenvalue weighted by molar-refractivity contribution is 7.89. The SMILES string of the molecule is Cc1cc(C)c(S(=O)(=O)NCCCNCCCCN)c(C)c1. The Balaban J connectivity index is 2.45. The van der Waals surface area contributed by atoms with Crippen molar-refractivity contribution in [1.82, 2.24) is 10.0 Å². The predicted octanol–water partition coefficient (Wildman–Crippen LogP) is 1.61. The Morgan fingerprint density at radius 1 is 0.955 bits per heavy atom. The molecule has 0 fully saturated rings. The molecule has 0 unspecified atom stereocenters. The van der Waals surface area contributed by atoms with Crippen molar-refractivity contribution in [3.05, 3.63) is 28.8 Å². The first-order valence-electron chi connectivity index (χ1n) is 7.87. The quantitative estimate of drug-likeness (QED) is 0.570. The second-order valence-corrected chi connectivity index (χ2v) is 7.43. The summed E-state index contributed by atoms with van der Waals surface area (Å²) in [4.78, 5) is 0.411. The van der Waals surface area contributed by atoms with Crippen LogP contribution in [0.4, 0.5) is 0 Å². The summed E-state index contributed by atoms with van der Waals surface area (Å²) < 4.78 is 27.5. The molecule has 0 aliphatic carbocycles. The van der Waals surface area contributed by atoms with Crippen LogP contribution >= 0.6 is 0 Å². The second kappa shape index (κ2) is 9.25. The van der Waals surface area contributed by atoms with E-state index in [-0.39, 0.29) is 0 Å². The molecule has 1 aromatic rings. The third-order valence-corrected chi connectivity index (χ3v) is 5.27. The van der Waals surface area contributed by atoms with E-state index >= 15 is 0 Å². The summed E-state index contributed by atoms with van der Waals surface area (Å²) in [5.74, 6) is 0. The molecule has 1 aromatic carbocycles. The van der Waals surface area contributed by atoms with Crippen LogP contribution in [-0.4, -0.2) is 34.6 Å². The van der Waals surface area contributed by atoms with E-state index in [1.807, 2.05) is 32.9 Å². The molecular weight excluding hydrogens is 298 g/mol. The zero-order valence-corrected chi connectivity index (χ0v) is 14.7. The lowest BCUT2D eigenvalue weighted by molar-refractivity contribution is 0.568. The largest absolute Gasteiger partial charge is 0.330 e. The molecule has 0 bridgehead atoms. The number of nitrogens with one attached hydrogen (secondary N) is 2. The van der Waals surface area contributed by atoms with Gasteiger partial charge in [0.05, 0.1) is 4.90 Å². The molecule has 0 aliphatic rings. The Morgan fingerprint density at radius 3 is 2.14 bits per heavy atom. The number of nitrogens with two attached hydrogens (primary N) is 1. The van der Waals surface area contributed by atoms with Crippen molar-refractivity contribution < 1.29 is 8.42 Å². The first-order chi connectivity index (χ1) is 10.4. The monoisotopic (exact) mass is 327 g/mol. The number of rotatable bonds is 10. The van der Waals surface area contributed by atoms with Crippen LogP contribution in [0.15, 0.2) is 17.0 Å². The molecule has 6 heteroatoms. The van der Waals surface area contributed by atoms with Crippen molar-refractivity contribution in [2.45, 2.75) is 44.9 Å². The Bertz CT molecular complexity index is 548. The maximum Gasteiger partial charge on any atom is 0.241 e. The predicted molar refractivity (Wildman–Crippen MR) is 91.6 cm³/mol. The summed E-state index contributed by atoms with van der Waals surface area (Å²) in [6.07, 6.45) is 2.85. The van der Waals surface area contributed by atoms with Gasteiger partial charge in [-0.1, -0.05) is 17.7 Å². The highest BCUT2D eigenvalue weighted by Crippen LogP contribution is 2.21. The van der Waals surface area contributed by atoms with Crippen molar-refractivity contribution in [3.8, 4) is 0 Å². The van der Waals surface area contributed by atoms with E-state index < -0.39 is 10.0 Å². The van der Waals surface area contributed by atoms with E-state index in [2.05, 4.69) is 10.0 Å². The van der Waals surface area contributed by atoms with Gasteiger partial charge in [0.25, 0.3) is 0 Å². The Hall–Kier alpha value is -0.950. The van der Waals surface area contributed by atoms with Crippen molar-refractivity contribution in [2.24, 2.45) is 5.73 Å². The highest BCUT2D eigenvalue weighted by atomic mass is 32.2. The number of aryl methyl sites for hydroxylation is 3. The lowest BCUT2D eigenvalue weighted by Crippen LogP contribution is -2.29. The van der Waals surface area contributed by atoms with E-state index in [4.69, 9.17) is 5.73 Å². The Kier molecular flexibility index (Phi) is 8.03. The fraction of sp³-hybridized carbons (Fsp3) is 0.625. The third-order valence-electron chi connectivity index (χ3n) is 3.50. The number of hydrogen-bond acceptors (Lipinski definition) is 4. The summed E-state index contributed by atoms with van der Waals surface area (Å²) in [6.45, 7) is 8.55. The zero-order valence-electron chi connectivity index (χ0n) is 13.9. The molecule has 0 amide bonds. The molecule has 0 saturated carbocycles. The van der Waals surface area contributed by atoms with E-state index in [0.717, 1.165) is 55.6 Å². The number of hydrogen-bond donors (Lipinski definition) is 3. The average molecular weight is 327 g/mol. The van der Waals surface area contributed by atoms with Gasteiger partial charge in [-0.3, -0.25) is 0 Å². The van der Waals surface area contributed by atoms with E-state index in [0.29, 0.717) is 11.4 Å². The van der Waals surface area contributed by atoms with Gasteiger partial charge >= 0.3 is 0 Å². The molecule has 1 rings (SSSR count). The topological polar surface area (TPSA) is 84.2 Å². The Morgan fingerprint density at radius 2 is 1.55 bits per heavy atom. The molecule has 4 N–H and O–H groups in total. The standard InChI is InChI=1S/C16H29N3O2S/c1-13-11-14(2)16(15(3)12-13)22(20,21)19-10-6-9-18-8-5-4-7-17/h11-12,18-19H,4-10,17H2,1-3H3. The molecule has 126 valence electrons. The van der Waals surface area contributed by atoms with Crippen LogP contribution in [0.5, 0.6) is 0 Å².